The molecule has 1 unspecified atom stereocenters. The number of hydrogen-bond acceptors (Lipinski definition) is 3. The molecule has 1 aromatic carbocycles. The van der Waals surface area contributed by atoms with Gasteiger partial charge >= 0.3 is 0 Å². The van der Waals surface area contributed by atoms with Crippen molar-refractivity contribution in [3.8, 4) is 0 Å². The fourth-order valence-electron chi connectivity index (χ4n) is 1.58. The molecule has 1 heterocycles. The minimum Gasteiger partial charge on any atom is -0.207 e. The first-order chi connectivity index (χ1) is 8.90. The summed E-state index contributed by atoms with van der Waals surface area (Å²) in [5.74, 6) is 0. The lowest BCUT2D eigenvalue weighted by atomic mass is 10.2. The van der Waals surface area contributed by atoms with Crippen molar-refractivity contribution < 1.29 is 8.42 Å². The summed E-state index contributed by atoms with van der Waals surface area (Å²) in [4.78, 5) is 0.234. The van der Waals surface area contributed by atoms with E-state index in [1.165, 1.54) is 0 Å². The molecule has 19 heavy (non-hydrogen) atoms. The van der Waals surface area contributed by atoms with E-state index in [1.54, 1.807) is 29.5 Å². The van der Waals surface area contributed by atoms with Gasteiger partial charge in [0, 0.05) is 15.0 Å². The maximum Gasteiger partial charge on any atom is 0.242 e. The van der Waals surface area contributed by atoms with Gasteiger partial charge in [-0.25, -0.2) is 13.1 Å². The summed E-state index contributed by atoms with van der Waals surface area (Å²) in [5, 5.41) is 3.86. The van der Waals surface area contributed by atoms with Crippen molar-refractivity contribution in [3.05, 3.63) is 49.5 Å². The van der Waals surface area contributed by atoms with E-state index in [9.17, 15) is 8.42 Å². The van der Waals surface area contributed by atoms with E-state index in [0.717, 1.165) is 10.0 Å². The molecule has 1 atom stereocenters. The van der Waals surface area contributed by atoms with E-state index in [-0.39, 0.29) is 10.9 Å². The van der Waals surface area contributed by atoms with Crippen LogP contribution in [-0.4, -0.2) is 8.42 Å². The predicted octanol–water partition coefficient (Wildman–Crippen LogP) is 4.31. The van der Waals surface area contributed by atoms with E-state index >= 15 is 0 Å². The van der Waals surface area contributed by atoms with E-state index in [2.05, 4.69) is 36.6 Å². The maximum atomic E-state index is 12.3. The molecular formula is C12H11Br2NO2S2. The molecule has 0 aliphatic heterocycles. The summed E-state index contributed by atoms with van der Waals surface area (Å²) in [6, 6.07) is 6.63. The second kappa shape index (κ2) is 6.05. The first kappa shape index (κ1) is 15.2. The molecule has 0 aliphatic carbocycles. The quantitative estimate of drug-likeness (QED) is 0.794. The van der Waals surface area contributed by atoms with Crippen LogP contribution in [0.5, 0.6) is 0 Å². The minimum absolute atomic E-state index is 0.234. The van der Waals surface area contributed by atoms with Gasteiger partial charge in [-0.1, -0.05) is 15.9 Å². The normalized spacial score (nSPS) is 13.4. The Labute approximate surface area is 133 Å². The molecule has 2 aromatic rings. The molecule has 1 aromatic heterocycles. The van der Waals surface area contributed by atoms with Crippen LogP contribution in [0.4, 0.5) is 0 Å². The van der Waals surface area contributed by atoms with Gasteiger partial charge in [-0.05, 0) is 63.4 Å². The van der Waals surface area contributed by atoms with E-state index in [1.807, 2.05) is 23.8 Å². The largest absolute Gasteiger partial charge is 0.242 e. The van der Waals surface area contributed by atoms with Crippen LogP contribution >= 0.6 is 43.2 Å². The van der Waals surface area contributed by atoms with Gasteiger partial charge in [0.15, 0.2) is 0 Å². The third-order valence-electron chi connectivity index (χ3n) is 2.56. The van der Waals surface area contributed by atoms with Gasteiger partial charge in [-0.3, -0.25) is 0 Å². The zero-order valence-electron chi connectivity index (χ0n) is 9.93. The Morgan fingerprint density at radius 3 is 2.58 bits per heavy atom. The molecular weight excluding hydrogens is 414 g/mol. The Balaban J connectivity index is 2.28. The van der Waals surface area contributed by atoms with Crippen molar-refractivity contribution in [2.24, 2.45) is 0 Å². The Hall–Kier alpha value is -0.210. The van der Waals surface area contributed by atoms with Crippen LogP contribution in [0.2, 0.25) is 0 Å². The molecule has 0 saturated carbocycles. The van der Waals surface area contributed by atoms with Gasteiger partial charge in [-0.2, -0.15) is 11.3 Å². The van der Waals surface area contributed by atoms with Crippen molar-refractivity contribution >= 4 is 53.2 Å². The fraction of sp³-hybridized carbons (Fsp3) is 0.167. The SMILES string of the molecule is CC(NS(=O)(=O)c1ccc(Br)cc1Br)c1ccsc1. The number of hydrogen-bond donors (Lipinski definition) is 1. The highest BCUT2D eigenvalue weighted by molar-refractivity contribution is 9.11. The first-order valence-electron chi connectivity index (χ1n) is 5.39. The second-order valence-electron chi connectivity index (χ2n) is 3.97. The molecule has 0 spiro atoms. The van der Waals surface area contributed by atoms with Crippen LogP contribution < -0.4 is 4.72 Å². The van der Waals surface area contributed by atoms with Crippen LogP contribution in [0.3, 0.4) is 0 Å². The highest BCUT2D eigenvalue weighted by atomic mass is 79.9. The van der Waals surface area contributed by atoms with Gasteiger partial charge < -0.3 is 0 Å². The molecule has 1 N–H and O–H groups in total. The summed E-state index contributed by atoms with van der Waals surface area (Å²) >= 11 is 8.12. The lowest BCUT2D eigenvalue weighted by Crippen LogP contribution is -2.26. The Morgan fingerprint density at radius 1 is 1.26 bits per heavy atom. The second-order valence-corrected chi connectivity index (χ2v) is 8.21. The molecule has 0 saturated heterocycles. The molecule has 2 rings (SSSR count). The van der Waals surface area contributed by atoms with E-state index in [4.69, 9.17) is 0 Å². The molecule has 0 radical (unpaired) electrons. The Morgan fingerprint density at radius 2 is 2.00 bits per heavy atom. The molecule has 102 valence electrons. The van der Waals surface area contributed by atoms with Crippen molar-refractivity contribution in [2.45, 2.75) is 17.9 Å². The first-order valence-corrected chi connectivity index (χ1v) is 9.41. The third-order valence-corrected chi connectivity index (χ3v) is 6.27. The monoisotopic (exact) mass is 423 g/mol. The number of thiophene rings is 1. The third kappa shape index (κ3) is 3.66. The minimum atomic E-state index is -3.55. The maximum absolute atomic E-state index is 12.3. The summed E-state index contributed by atoms with van der Waals surface area (Å²) in [6.07, 6.45) is 0. The van der Waals surface area contributed by atoms with Crippen LogP contribution in [0.25, 0.3) is 0 Å². The Kier molecular flexibility index (Phi) is 4.84. The zero-order valence-corrected chi connectivity index (χ0v) is 14.7. The van der Waals surface area contributed by atoms with Crippen LogP contribution in [-0.2, 0) is 10.0 Å². The summed E-state index contributed by atoms with van der Waals surface area (Å²) in [5.41, 5.74) is 0.960. The summed E-state index contributed by atoms with van der Waals surface area (Å²) in [6.45, 7) is 1.83. The lowest BCUT2D eigenvalue weighted by Gasteiger charge is -2.14. The number of sulfonamides is 1. The van der Waals surface area contributed by atoms with Crippen molar-refractivity contribution in [3.63, 3.8) is 0 Å². The highest BCUT2D eigenvalue weighted by Gasteiger charge is 2.21. The molecule has 7 heteroatoms. The van der Waals surface area contributed by atoms with Gasteiger partial charge in [0.05, 0.1) is 4.90 Å². The molecule has 0 fully saturated rings. The number of halogens is 2. The molecule has 0 aliphatic rings. The van der Waals surface area contributed by atoms with Gasteiger partial charge in [0.25, 0.3) is 0 Å². The average Bonchev–Trinajstić information content (AvgIpc) is 2.80. The van der Waals surface area contributed by atoms with Crippen molar-refractivity contribution in [2.75, 3.05) is 0 Å². The van der Waals surface area contributed by atoms with Crippen LogP contribution in [0.15, 0.2) is 48.9 Å². The summed E-state index contributed by atoms with van der Waals surface area (Å²) in [7, 11) is -3.55. The van der Waals surface area contributed by atoms with Crippen LogP contribution in [0.1, 0.15) is 18.5 Å². The number of benzene rings is 1. The molecule has 0 amide bonds. The average molecular weight is 425 g/mol. The zero-order chi connectivity index (χ0) is 14.0. The molecule has 0 bridgehead atoms. The van der Waals surface area contributed by atoms with Gasteiger partial charge in [0.2, 0.25) is 10.0 Å². The highest BCUT2D eigenvalue weighted by Crippen LogP contribution is 2.27. The van der Waals surface area contributed by atoms with Crippen molar-refractivity contribution in [1.29, 1.82) is 0 Å². The van der Waals surface area contributed by atoms with Crippen LogP contribution in [0, 0.1) is 0 Å². The molecule has 3 nitrogen and oxygen atoms in total. The van der Waals surface area contributed by atoms with E-state index in [0.29, 0.717) is 4.47 Å². The smallest absolute Gasteiger partial charge is 0.207 e. The summed E-state index contributed by atoms with van der Waals surface area (Å²) < 4.78 is 28.7. The number of nitrogens with one attached hydrogen (secondary N) is 1. The van der Waals surface area contributed by atoms with Gasteiger partial charge in [0.1, 0.15) is 0 Å². The fourth-order valence-corrected chi connectivity index (χ4v) is 5.31. The number of rotatable bonds is 4. The predicted molar refractivity (Wildman–Crippen MR) is 84.9 cm³/mol. The van der Waals surface area contributed by atoms with E-state index < -0.39 is 10.0 Å². The van der Waals surface area contributed by atoms with Crippen molar-refractivity contribution in [1.82, 2.24) is 4.72 Å². The lowest BCUT2D eigenvalue weighted by molar-refractivity contribution is 0.566. The topological polar surface area (TPSA) is 46.2 Å². The van der Waals surface area contributed by atoms with Gasteiger partial charge in [-0.15, -0.1) is 0 Å². The Bertz CT molecular complexity index is 669. The standard InChI is InChI=1S/C12H11Br2NO2S2/c1-8(9-4-5-18-7-9)15-19(16,17)12-3-2-10(13)6-11(12)14/h2-8,15H,1H3.